The number of para-hydroxylation sites is 1. The number of ether oxygens (including phenoxy) is 1. The molecule has 28 heavy (non-hydrogen) atoms. The fourth-order valence-electron chi connectivity index (χ4n) is 3.93. The van der Waals surface area contributed by atoms with Gasteiger partial charge in [0.25, 0.3) is 0 Å². The molecule has 0 saturated heterocycles. The van der Waals surface area contributed by atoms with E-state index < -0.39 is 11.2 Å². The van der Waals surface area contributed by atoms with Gasteiger partial charge in [-0.1, -0.05) is 25.1 Å². The number of carbonyl (C=O) groups excluding carboxylic acids is 1. The third kappa shape index (κ3) is 3.09. The summed E-state index contributed by atoms with van der Waals surface area (Å²) in [6.07, 6.45) is 2.94. The fraction of sp³-hybridized carbons (Fsp3) is 0.273. The molecule has 1 amide bonds. The van der Waals surface area contributed by atoms with E-state index in [0.29, 0.717) is 22.4 Å². The average Bonchev–Trinajstić information content (AvgIpc) is 2.65. The Balaban J connectivity index is 1.72. The Kier molecular flexibility index (Phi) is 4.49. The fourth-order valence-corrected chi connectivity index (χ4v) is 3.93. The third-order valence-corrected chi connectivity index (χ3v) is 5.51. The molecule has 2 aromatic carbocycles. The van der Waals surface area contributed by atoms with E-state index in [-0.39, 0.29) is 23.3 Å². The molecule has 1 heterocycles. The van der Waals surface area contributed by atoms with Crippen LogP contribution in [0.1, 0.15) is 32.3 Å². The summed E-state index contributed by atoms with van der Waals surface area (Å²) in [6, 6.07) is 10.9. The highest BCUT2D eigenvalue weighted by Crippen LogP contribution is 2.48. The van der Waals surface area contributed by atoms with Crippen LogP contribution in [0.4, 0.5) is 8.78 Å². The van der Waals surface area contributed by atoms with Crippen LogP contribution in [0.25, 0.3) is 10.9 Å². The molecule has 0 radical (unpaired) electrons. The number of carbonyl (C=O) groups is 1. The van der Waals surface area contributed by atoms with E-state index in [1.165, 1.54) is 25.3 Å². The number of fused-ring (bicyclic) bond motifs is 1. The summed E-state index contributed by atoms with van der Waals surface area (Å²) in [7, 11) is 0. The Morgan fingerprint density at radius 2 is 1.96 bits per heavy atom. The minimum absolute atomic E-state index is 0.143. The minimum Gasteiger partial charge on any atom is -0.455 e. The van der Waals surface area contributed by atoms with Crippen molar-refractivity contribution in [2.75, 3.05) is 0 Å². The van der Waals surface area contributed by atoms with E-state index in [2.05, 4.69) is 10.3 Å². The Morgan fingerprint density at radius 1 is 1.21 bits per heavy atom. The van der Waals surface area contributed by atoms with E-state index in [1.807, 2.05) is 6.92 Å². The van der Waals surface area contributed by atoms with Crippen LogP contribution in [-0.4, -0.2) is 16.9 Å². The number of rotatable bonds is 4. The minimum atomic E-state index is -0.567. The first-order valence-electron chi connectivity index (χ1n) is 9.17. The quantitative estimate of drug-likeness (QED) is 0.701. The van der Waals surface area contributed by atoms with Crippen LogP contribution >= 0.6 is 0 Å². The molecule has 4 rings (SSSR count). The van der Waals surface area contributed by atoms with Crippen LogP contribution in [0.2, 0.25) is 0 Å². The van der Waals surface area contributed by atoms with Gasteiger partial charge in [0.15, 0.2) is 0 Å². The molecule has 1 aliphatic carbocycles. The second-order valence-corrected chi connectivity index (χ2v) is 7.41. The molecule has 1 aliphatic rings. The van der Waals surface area contributed by atoms with Gasteiger partial charge < -0.3 is 10.1 Å². The van der Waals surface area contributed by atoms with Crippen molar-refractivity contribution in [1.82, 2.24) is 10.3 Å². The maximum absolute atomic E-state index is 14.8. The van der Waals surface area contributed by atoms with Gasteiger partial charge in [-0.15, -0.1) is 0 Å². The third-order valence-electron chi connectivity index (χ3n) is 5.51. The standard InChI is InChI=1S/C22H20F2N2O2/c1-13(27)26-19-9-10-22(19,2)20-16(23)6-4-8-18(20)28-15-11-14-5-3-7-17(24)21(14)25-12-15/h3-8,11-12,19H,9-10H2,1-2H3,(H,26,27). The molecule has 6 heteroatoms. The molecule has 1 aromatic heterocycles. The van der Waals surface area contributed by atoms with Crippen molar-refractivity contribution in [3.63, 3.8) is 0 Å². The highest BCUT2D eigenvalue weighted by Gasteiger charge is 2.47. The average molecular weight is 382 g/mol. The number of halogens is 2. The number of hydrogen-bond acceptors (Lipinski definition) is 3. The van der Waals surface area contributed by atoms with Crippen LogP contribution in [0.15, 0.2) is 48.7 Å². The second-order valence-electron chi connectivity index (χ2n) is 7.41. The molecule has 1 N–H and O–H groups in total. The van der Waals surface area contributed by atoms with Crippen LogP contribution in [-0.2, 0) is 10.2 Å². The Morgan fingerprint density at radius 3 is 2.68 bits per heavy atom. The van der Waals surface area contributed by atoms with Gasteiger partial charge in [0.2, 0.25) is 5.91 Å². The van der Waals surface area contributed by atoms with Crippen LogP contribution in [0.5, 0.6) is 11.5 Å². The van der Waals surface area contributed by atoms with E-state index >= 15 is 0 Å². The Labute approximate surface area is 161 Å². The molecule has 0 bridgehead atoms. The zero-order chi connectivity index (χ0) is 19.9. The number of benzene rings is 2. The largest absolute Gasteiger partial charge is 0.455 e. The number of amides is 1. The monoisotopic (exact) mass is 382 g/mol. The molecule has 4 nitrogen and oxygen atoms in total. The lowest BCUT2D eigenvalue weighted by atomic mass is 9.61. The lowest BCUT2D eigenvalue weighted by molar-refractivity contribution is -0.121. The number of pyridine rings is 1. The van der Waals surface area contributed by atoms with Gasteiger partial charge in [-0.05, 0) is 37.1 Å². The number of hydrogen-bond donors (Lipinski definition) is 1. The smallest absolute Gasteiger partial charge is 0.217 e. The first-order valence-corrected chi connectivity index (χ1v) is 9.17. The Bertz CT molecular complexity index is 1070. The molecule has 0 spiro atoms. The highest BCUT2D eigenvalue weighted by molar-refractivity contribution is 5.80. The van der Waals surface area contributed by atoms with Crippen molar-refractivity contribution in [2.45, 2.75) is 38.1 Å². The van der Waals surface area contributed by atoms with Gasteiger partial charge in [0.05, 0.1) is 6.20 Å². The summed E-state index contributed by atoms with van der Waals surface area (Å²) in [5.74, 6) is -0.167. The molecular weight excluding hydrogens is 362 g/mol. The van der Waals surface area contributed by atoms with Gasteiger partial charge in [-0.2, -0.15) is 0 Å². The second kappa shape index (κ2) is 6.86. The lowest BCUT2D eigenvalue weighted by Crippen LogP contribution is -2.56. The number of aromatic nitrogens is 1. The molecular formula is C22H20F2N2O2. The summed E-state index contributed by atoms with van der Waals surface area (Å²) in [4.78, 5) is 15.6. The summed E-state index contributed by atoms with van der Waals surface area (Å²) in [5, 5.41) is 3.50. The zero-order valence-electron chi connectivity index (χ0n) is 15.6. The molecule has 2 atom stereocenters. The summed E-state index contributed by atoms with van der Waals surface area (Å²) in [5.41, 5.74) is 0.119. The van der Waals surface area contributed by atoms with Gasteiger partial charge in [-0.3, -0.25) is 4.79 Å². The maximum Gasteiger partial charge on any atom is 0.217 e. The summed E-state index contributed by atoms with van der Waals surface area (Å²) in [6.45, 7) is 3.38. The summed E-state index contributed by atoms with van der Waals surface area (Å²) < 4.78 is 34.6. The van der Waals surface area contributed by atoms with E-state index in [1.54, 1.807) is 30.3 Å². The van der Waals surface area contributed by atoms with Crippen LogP contribution in [0.3, 0.4) is 0 Å². The van der Waals surface area contributed by atoms with Gasteiger partial charge in [0.1, 0.15) is 28.7 Å². The molecule has 2 unspecified atom stereocenters. The first-order chi connectivity index (χ1) is 13.4. The van der Waals surface area contributed by atoms with Gasteiger partial charge in [-0.25, -0.2) is 13.8 Å². The zero-order valence-corrected chi connectivity index (χ0v) is 15.6. The number of nitrogens with one attached hydrogen (secondary N) is 1. The molecule has 1 fully saturated rings. The van der Waals surface area contributed by atoms with Crippen molar-refractivity contribution >= 4 is 16.8 Å². The van der Waals surface area contributed by atoms with Crippen molar-refractivity contribution in [3.8, 4) is 11.5 Å². The van der Waals surface area contributed by atoms with Crippen LogP contribution < -0.4 is 10.1 Å². The normalized spacial score (nSPS) is 21.2. The molecule has 1 saturated carbocycles. The van der Waals surface area contributed by atoms with Crippen LogP contribution in [0, 0.1) is 11.6 Å². The molecule has 0 aliphatic heterocycles. The maximum atomic E-state index is 14.8. The molecule has 3 aromatic rings. The van der Waals surface area contributed by atoms with Gasteiger partial charge >= 0.3 is 0 Å². The van der Waals surface area contributed by atoms with Crippen molar-refractivity contribution in [2.24, 2.45) is 0 Å². The summed E-state index contributed by atoms with van der Waals surface area (Å²) >= 11 is 0. The van der Waals surface area contributed by atoms with E-state index in [4.69, 9.17) is 4.74 Å². The SMILES string of the molecule is CC(=O)NC1CCC1(C)c1c(F)cccc1Oc1cnc2c(F)cccc2c1. The lowest BCUT2D eigenvalue weighted by Gasteiger charge is -2.48. The predicted octanol–water partition coefficient (Wildman–Crippen LogP) is 4.86. The van der Waals surface area contributed by atoms with Crippen molar-refractivity contribution in [3.05, 3.63) is 65.9 Å². The predicted molar refractivity (Wildman–Crippen MR) is 102 cm³/mol. The Hall–Kier alpha value is -3.02. The topological polar surface area (TPSA) is 51.2 Å². The highest BCUT2D eigenvalue weighted by atomic mass is 19.1. The van der Waals surface area contributed by atoms with E-state index in [9.17, 15) is 13.6 Å². The molecule has 144 valence electrons. The number of nitrogens with zero attached hydrogens (tertiary/aromatic N) is 1. The van der Waals surface area contributed by atoms with Gasteiger partial charge in [0, 0.05) is 29.3 Å². The van der Waals surface area contributed by atoms with E-state index in [0.717, 1.165) is 12.8 Å². The first kappa shape index (κ1) is 18.3. The van der Waals surface area contributed by atoms with Crippen molar-refractivity contribution < 1.29 is 18.3 Å². The van der Waals surface area contributed by atoms with Crippen molar-refractivity contribution in [1.29, 1.82) is 0 Å².